The zero-order valence-corrected chi connectivity index (χ0v) is 12.3. The summed E-state index contributed by atoms with van der Waals surface area (Å²) in [6.45, 7) is 0.508. The van der Waals surface area contributed by atoms with Crippen LogP contribution in [-0.2, 0) is 16.1 Å². The number of benzene rings is 1. The van der Waals surface area contributed by atoms with Gasteiger partial charge in [-0.05, 0) is 11.6 Å². The standard InChI is InChI=1S/C12H14BrNO3S/c1-14(11(15)7-18-8-12(16)17)6-9-4-2-3-5-10(9)13/h2-5H,6-8H2,1H3,(H,16,17). The molecule has 0 atom stereocenters. The van der Waals surface area contributed by atoms with Gasteiger partial charge in [-0.3, -0.25) is 9.59 Å². The maximum absolute atomic E-state index is 11.7. The lowest BCUT2D eigenvalue weighted by molar-refractivity contribution is -0.133. The number of hydrogen-bond donors (Lipinski definition) is 1. The smallest absolute Gasteiger partial charge is 0.313 e. The number of carbonyl (C=O) groups is 2. The van der Waals surface area contributed by atoms with Gasteiger partial charge in [0.1, 0.15) is 0 Å². The Bertz CT molecular complexity index is 439. The largest absolute Gasteiger partial charge is 0.481 e. The van der Waals surface area contributed by atoms with Gasteiger partial charge in [0.15, 0.2) is 0 Å². The van der Waals surface area contributed by atoms with Crippen molar-refractivity contribution in [3.05, 3.63) is 34.3 Å². The van der Waals surface area contributed by atoms with Gasteiger partial charge >= 0.3 is 5.97 Å². The van der Waals surface area contributed by atoms with Crippen LogP contribution in [0.25, 0.3) is 0 Å². The summed E-state index contributed by atoms with van der Waals surface area (Å²) in [6.07, 6.45) is 0. The molecule has 0 heterocycles. The topological polar surface area (TPSA) is 57.6 Å². The van der Waals surface area contributed by atoms with E-state index in [1.54, 1.807) is 11.9 Å². The van der Waals surface area contributed by atoms with Crippen LogP contribution in [0.5, 0.6) is 0 Å². The highest BCUT2D eigenvalue weighted by molar-refractivity contribution is 9.10. The van der Waals surface area contributed by atoms with Crippen molar-refractivity contribution in [3.63, 3.8) is 0 Å². The second-order valence-corrected chi connectivity index (χ2v) is 5.57. The number of hydrogen-bond acceptors (Lipinski definition) is 3. The Morgan fingerprint density at radius 1 is 1.33 bits per heavy atom. The van der Waals surface area contributed by atoms with Gasteiger partial charge < -0.3 is 10.0 Å². The van der Waals surface area contributed by atoms with Crippen molar-refractivity contribution >= 4 is 39.6 Å². The number of carboxylic acid groups (broad SMARTS) is 1. The quantitative estimate of drug-likeness (QED) is 0.868. The lowest BCUT2D eigenvalue weighted by Crippen LogP contribution is -2.28. The van der Waals surface area contributed by atoms with E-state index in [0.29, 0.717) is 6.54 Å². The van der Waals surface area contributed by atoms with Crippen LogP contribution in [0.15, 0.2) is 28.7 Å². The lowest BCUT2D eigenvalue weighted by atomic mass is 10.2. The molecule has 4 nitrogen and oxygen atoms in total. The maximum atomic E-state index is 11.7. The minimum atomic E-state index is -0.902. The van der Waals surface area contributed by atoms with E-state index in [9.17, 15) is 9.59 Å². The molecule has 1 rings (SSSR count). The molecule has 0 bridgehead atoms. The van der Waals surface area contributed by atoms with Crippen LogP contribution < -0.4 is 0 Å². The van der Waals surface area contributed by atoms with Crippen LogP contribution in [-0.4, -0.2) is 40.4 Å². The number of rotatable bonds is 6. The summed E-state index contributed by atoms with van der Waals surface area (Å²) in [4.78, 5) is 23.7. The fourth-order valence-electron chi connectivity index (χ4n) is 1.31. The third-order valence-electron chi connectivity index (χ3n) is 2.24. The average molecular weight is 332 g/mol. The Labute approximate surface area is 118 Å². The number of nitrogens with zero attached hydrogens (tertiary/aromatic N) is 1. The molecular weight excluding hydrogens is 318 g/mol. The molecule has 0 saturated carbocycles. The van der Waals surface area contributed by atoms with Crippen LogP contribution in [0, 0.1) is 0 Å². The lowest BCUT2D eigenvalue weighted by Gasteiger charge is -2.17. The predicted molar refractivity (Wildman–Crippen MR) is 75.6 cm³/mol. The molecule has 0 radical (unpaired) electrons. The molecule has 0 aliphatic carbocycles. The molecule has 0 spiro atoms. The Morgan fingerprint density at radius 3 is 2.61 bits per heavy atom. The molecule has 1 N–H and O–H groups in total. The number of thioether (sulfide) groups is 1. The normalized spacial score (nSPS) is 10.1. The van der Waals surface area contributed by atoms with Crippen LogP contribution >= 0.6 is 27.7 Å². The molecule has 0 fully saturated rings. The molecule has 0 aromatic heterocycles. The molecule has 18 heavy (non-hydrogen) atoms. The van der Waals surface area contributed by atoms with Gasteiger partial charge in [0.2, 0.25) is 5.91 Å². The molecule has 1 aromatic rings. The van der Waals surface area contributed by atoms with Crippen LogP contribution in [0.2, 0.25) is 0 Å². The van der Waals surface area contributed by atoms with Crippen LogP contribution in [0.1, 0.15) is 5.56 Å². The maximum Gasteiger partial charge on any atom is 0.313 e. The predicted octanol–water partition coefficient (Wildman–Crippen LogP) is 2.23. The van der Waals surface area contributed by atoms with E-state index < -0.39 is 5.97 Å². The molecule has 98 valence electrons. The van der Waals surface area contributed by atoms with Gasteiger partial charge in [0.25, 0.3) is 0 Å². The highest BCUT2D eigenvalue weighted by Gasteiger charge is 2.11. The molecule has 6 heteroatoms. The number of aliphatic carboxylic acids is 1. The number of carbonyl (C=O) groups excluding carboxylic acids is 1. The second kappa shape index (κ2) is 7.43. The molecule has 1 amide bonds. The van der Waals surface area contributed by atoms with Crippen LogP contribution in [0.4, 0.5) is 0 Å². The van der Waals surface area contributed by atoms with Crippen molar-refractivity contribution in [2.24, 2.45) is 0 Å². The Kier molecular flexibility index (Phi) is 6.21. The first-order chi connectivity index (χ1) is 8.50. The molecule has 0 aliphatic rings. The molecule has 0 saturated heterocycles. The summed E-state index contributed by atoms with van der Waals surface area (Å²) in [5.41, 5.74) is 1.02. The van der Waals surface area contributed by atoms with Crippen LogP contribution in [0.3, 0.4) is 0 Å². The van der Waals surface area contributed by atoms with Gasteiger partial charge in [-0.1, -0.05) is 34.1 Å². The summed E-state index contributed by atoms with van der Waals surface area (Å²) in [5, 5.41) is 8.48. The molecule has 0 aliphatic heterocycles. The SMILES string of the molecule is CN(Cc1ccccc1Br)C(=O)CSCC(=O)O. The second-order valence-electron chi connectivity index (χ2n) is 3.73. The number of carboxylic acids is 1. The molecule has 0 unspecified atom stereocenters. The first kappa shape index (κ1) is 15.0. The van der Waals surface area contributed by atoms with E-state index in [-0.39, 0.29) is 17.4 Å². The summed E-state index contributed by atoms with van der Waals surface area (Å²) < 4.78 is 0.961. The Balaban J connectivity index is 2.45. The van der Waals surface area contributed by atoms with Gasteiger partial charge in [-0.2, -0.15) is 0 Å². The van der Waals surface area contributed by atoms with Crippen molar-refractivity contribution in [2.45, 2.75) is 6.54 Å². The first-order valence-corrected chi connectivity index (χ1v) is 7.22. The third-order valence-corrected chi connectivity index (χ3v) is 3.92. The minimum Gasteiger partial charge on any atom is -0.481 e. The number of amides is 1. The van der Waals surface area contributed by atoms with E-state index >= 15 is 0 Å². The van der Waals surface area contributed by atoms with E-state index in [0.717, 1.165) is 21.8 Å². The number of halogens is 1. The molecule has 1 aromatic carbocycles. The van der Waals surface area contributed by atoms with Gasteiger partial charge in [0.05, 0.1) is 11.5 Å². The van der Waals surface area contributed by atoms with Crippen molar-refractivity contribution < 1.29 is 14.7 Å². The third kappa shape index (κ3) is 5.10. The first-order valence-electron chi connectivity index (χ1n) is 5.27. The Morgan fingerprint density at radius 2 is 2.00 bits per heavy atom. The van der Waals surface area contributed by atoms with Crippen molar-refractivity contribution in [3.8, 4) is 0 Å². The van der Waals surface area contributed by atoms with E-state index in [1.165, 1.54) is 0 Å². The fourth-order valence-corrected chi connectivity index (χ4v) is 2.39. The minimum absolute atomic E-state index is 0.0470. The van der Waals surface area contributed by atoms with E-state index in [1.807, 2.05) is 24.3 Å². The highest BCUT2D eigenvalue weighted by Crippen LogP contribution is 2.17. The van der Waals surface area contributed by atoms with E-state index in [2.05, 4.69) is 15.9 Å². The van der Waals surface area contributed by atoms with Crippen molar-refractivity contribution in [1.29, 1.82) is 0 Å². The zero-order valence-electron chi connectivity index (χ0n) is 9.93. The average Bonchev–Trinajstić information content (AvgIpc) is 2.31. The summed E-state index contributed by atoms with van der Waals surface area (Å²) >= 11 is 4.53. The Hall–Kier alpha value is -1.01. The van der Waals surface area contributed by atoms with Gasteiger partial charge in [-0.25, -0.2) is 0 Å². The van der Waals surface area contributed by atoms with Crippen molar-refractivity contribution in [2.75, 3.05) is 18.6 Å². The summed E-state index contributed by atoms with van der Waals surface area (Å²) in [7, 11) is 1.71. The monoisotopic (exact) mass is 331 g/mol. The summed E-state index contributed by atoms with van der Waals surface area (Å²) in [6, 6.07) is 7.70. The zero-order chi connectivity index (χ0) is 13.5. The fraction of sp³-hybridized carbons (Fsp3) is 0.333. The van der Waals surface area contributed by atoms with E-state index in [4.69, 9.17) is 5.11 Å². The highest BCUT2D eigenvalue weighted by atomic mass is 79.9. The van der Waals surface area contributed by atoms with Gasteiger partial charge in [-0.15, -0.1) is 11.8 Å². The van der Waals surface area contributed by atoms with Crippen molar-refractivity contribution in [1.82, 2.24) is 4.90 Å². The summed E-state index contributed by atoms with van der Waals surface area (Å²) in [5.74, 6) is -0.833. The van der Waals surface area contributed by atoms with Gasteiger partial charge in [0, 0.05) is 18.1 Å². The molecular formula is C12H14BrNO3S.